The van der Waals surface area contributed by atoms with E-state index < -0.39 is 0 Å². The highest BCUT2D eigenvalue weighted by Crippen LogP contribution is 2.23. The minimum atomic E-state index is 0.0248. The highest BCUT2D eigenvalue weighted by atomic mass is 16.1. The van der Waals surface area contributed by atoms with Crippen LogP contribution in [-0.4, -0.2) is 19.4 Å². The molecule has 0 amide bonds. The van der Waals surface area contributed by atoms with E-state index in [1.165, 1.54) is 25.7 Å². The van der Waals surface area contributed by atoms with Gasteiger partial charge in [0.25, 0.3) is 0 Å². The van der Waals surface area contributed by atoms with Crippen LogP contribution in [0.1, 0.15) is 46.5 Å². The second-order valence-electron chi connectivity index (χ2n) is 4.12. The molecule has 2 nitrogen and oxygen atoms in total. The number of aldehydes is 1. The van der Waals surface area contributed by atoms with Crippen LogP contribution in [0.5, 0.6) is 0 Å². The Balaban J connectivity index is 4.12. The molecule has 0 rings (SSSR count). The van der Waals surface area contributed by atoms with Crippen LogP contribution < -0.4 is 5.32 Å². The van der Waals surface area contributed by atoms with E-state index in [-0.39, 0.29) is 6.04 Å². The van der Waals surface area contributed by atoms with Crippen molar-refractivity contribution in [1.29, 1.82) is 0 Å². The van der Waals surface area contributed by atoms with Gasteiger partial charge in [0.05, 0.1) is 6.04 Å². The lowest BCUT2D eigenvalue weighted by Crippen LogP contribution is -2.37. The van der Waals surface area contributed by atoms with Crippen LogP contribution in [0, 0.1) is 11.8 Å². The van der Waals surface area contributed by atoms with E-state index >= 15 is 0 Å². The predicted molar refractivity (Wildman–Crippen MR) is 61.4 cm³/mol. The largest absolute Gasteiger partial charge is 0.311 e. The van der Waals surface area contributed by atoms with Gasteiger partial charge in [0.2, 0.25) is 0 Å². The quantitative estimate of drug-likeness (QED) is 0.609. The van der Waals surface area contributed by atoms with Gasteiger partial charge in [0, 0.05) is 0 Å². The molecule has 0 radical (unpaired) electrons. The van der Waals surface area contributed by atoms with Crippen molar-refractivity contribution in [1.82, 2.24) is 5.32 Å². The zero-order chi connectivity index (χ0) is 11.0. The zero-order valence-electron chi connectivity index (χ0n) is 10.0. The summed E-state index contributed by atoms with van der Waals surface area (Å²) in [5, 5.41) is 3.07. The molecule has 14 heavy (non-hydrogen) atoms. The molecule has 0 spiro atoms. The first-order valence-electron chi connectivity index (χ1n) is 5.83. The molecule has 3 atom stereocenters. The Morgan fingerprint density at radius 1 is 1.36 bits per heavy atom. The lowest BCUT2D eigenvalue weighted by atomic mass is 9.83. The average molecular weight is 199 g/mol. The highest BCUT2D eigenvalue weighted by molar-refractivity contribution is 5.58. The number of rotatable bonds is 8. The summed E-state index contributed by atoms with van der Waals surface area (Å²) >= 11 is 0. The molecular formula is C12H25NO. The maximum absolute atomic E-state index is 10.8. The third-order valence-electron chi connectivity index (χ3n) is 3.24. The van der Waals surface area contributed by atoms with Crippen LogP contribution in [0.25, 0.3) is 0 Å². The molecule has 0 aliphatic carbocycles. The van der Waals surface area contributed by atoms with Crippen molar-refractivity contribution in [2.45, 2.75) is 52.5 Å². The van der Waals surface area contributed by atoms with Gasteiger partial charge in [-0.05, 0) is 18.9 Å². The normalized spacial score (nSPS) is 17.4. The van der Waals surface area contributed by atoms with Gasteiger partial charge in [-0.15, -0.1) is 0 Å². The van der Waals surface area contributed by atoms with E-state index in [1.54, 1.807) is 0 Å². The first-order chi connectivity index (χ1) is 6.71. The van der Waals surface area contributed by atoms with Crippen LogP contribution >= 0.6 is 0 Å². The summed E-state index contributed by atoms with van der Waals surface area (Å²) in [5.74, 6) is 1.13. The monoisotopic (exact) mass is 199 g/mol. The molecule has 0 aromatic heterocycles. The van der Waals surface area contributed by atoms with E-state index in [1.807, 2.05) is 7.05 Å². The van der Waals surface area contributed by atoms with Crippen LogP contribution in [0.4, 0.5) is 0 Å². The number of unbranched alkanes of at least 4 members (excludes halogenated alkanes) is 1. The van der Waals surface area contributed by atoms with Crippen molar-refractivity contribution >= 4 is 6.29 Å². The molecule has 0 fully saturated rings. The summed E-state index contributed by atoms with van der Waals surface area (Å²) in [6, 6.07) is 0.0248. The Kier molecular flexibility index (Phi) is 7.77. The summed E-state index contributed by atoms with van der Waals surface area (Å²) in [6.07, 6.45) is 5.99. The van der Waals surface area contributed by atoms with Gasteiger partial charge in [0.15, 0.2) is 0 Å². The van der Waals surface area contributed by atoms with Crippen molar-refractivity contribution in [3.05, 3.63) is 0 Å². The number of carbonyl (C=O) groups is 1. The van der Waals surface area contributed by atoms with Gasteiger partial charge in [-0.1, -0.05) is 46.5 Å². The van der Waals surface area contributed by atoms with Crippen molar-refractivity contribution in [2.75, 3.05) is 7.05 Å². The molecule has 0 bridgehead atoms. The van der Waals surface area contributed by atoms with Crippen molar-refractivity contribution in [3.63, 3.8) is 0 Å². The Bertz CT molecular complexity index is 147. The maximum Gasteiger partial charge on any atom is 0.137 e. The van der Waals surface area contributed by atoms with Gasteiger partial charge < -0.3 is 10.1 Å². The van der Waals surface area contributed by atoms with Crippen molar-refractivity contribution < 1.29 is 4.79 Å². The topological polar surface area (TPSA) is 29.1 Å². The first kappa shape index (κ1) is 13.6. The third kappa shape index (κ3) is 4.23. The molecule has 0 saturated carbocycles. The summed E-state index contributed by atoms with van der Waals surface area (Å²) in [4.78, 5) is 10.8. The molecule has 0 saturated heterocycles. The molecule has 2 heteroatoms. The van der Waals surface area contributed by atoms with E-state index in [4.69, 9.17) is 0 Å². The van der Waals surface area contributed by atoms with Crippen molar-refractivity contribution in [2.24, 2.45) is 11.8 Å². The van der Waals surface area contributed by atoms with Gasteiger partial charge in [-0.3, -0.25) is 0 Å². The SMILES string of the molecule is CCCC[C@H](CC)C(C)C(C=O)NC. The average Bonchev–Trinajstić information content (AvgIpc) is 2.21. The predicted octanol–water partition coefficient (Wildman–Crippen LogP) is 2.63. The lowest BCUT2D eigenvalue weighted by Gasteiger charge is -2.26. The van der Waals surface area contributed by atoms with E-state index in [2.05, 4.69) is 26.1 Å². The van der Waals surface area contributed by atoms with Crippen molar-refractivity contribution in [3.8, 4) is 0 Å². The number of hydrogen-bond acceptors (Lipinski definition) is 2. The van der Waals surface area contributed by atoms with E-state index in [0.29, 0.717) is 11.8 Å². The summed E-state index contributed by atoms with van der Waals surface area (Å²) < 4.78 is 0. The Morgan fingerprint density at radius 2 is 2.00 bits per heavy atom. The highest BCUT2D eigenvalue weighted by Gasteiger charge is 2.22. The number of hydrogen-bond donors (Lipinski definition) is 1. The first-order valence-corrected chi connectivity index (χ1v) is 5.83. The smallest absolute Gasteiger partial charge is 0.137 e. The minimum Gasteiger partial charge on any atom is -0.311 e. The second-order valence-corrected chi connectivity index (χ2v) is 4.12. The second kappa shape index (κ2) is 7.98. The standard InChI is InChI=1S/C12H25NO/c1-5-7-8-11(6-2)10(3)12(9-14)13-4/h9-13H,5-8H2,1-4H3/t10?,11-,12?/m0/s1. The van der Waals surface area contributed by atoms with Gasteiger partial charge in [-0.2, -0.15) is 0 Å². The molecule has 2 unspecified atom stereocenters. The number of nitrogens with one attached hydrogen (secondary N) is 1. The summed E-state index contributed by atoms with van der Waals surface area (Å²) in [7, 11) is 1.86. The summed E-state index contributed by atoms with van der Waals surface area (Å²) in [6.45, 7) is 6.61. The third-order valence-corrected chi connectivity index (χ3v) is 3.24. The maximum atomic E-state index is 10.8. The molecule has 0 aromatic rings. The van der Waals surface area contributed by atoms with Crippen LogP contribution in [0.2, 0.25) is 0 Å². The fourth-order valence-electron chi connectivity index (χ4n) is 2.05. The molecular weight excluding hydrogens is 174 g/mol. The van der Waals surface area contributed by atoms with E-state index in [9.17, 15) is 4.79 Å². The fourth-order valence-corrected chi connectivity index (χ4v) is 2.05. The van der Waals surface area contributed by atoms with Gasteiger partial charge in [0.1, 0.15) is 6.29 Å². The molecule has 0 aromatic carbocycles. The zero-order valence-corrected chi connectivity index (χ0v) is 10.0. The number of carbonyl (C=O) groups excluding carboxylic acids is 1. The molecule has 0 heterocycles. The van der Waals surface area contributed by atoms with Gasteiger partial charge >= 0.3 is 0 Å². The summed E-state index contributed by atoms with van der Waals surface area (Å²) in [5.41, 5.74) is 0. The molecule has 1 N–H and O–H groups in total. The van der Waals surface area contributed by atoms with E-state index in [0.717, 1.165) is 6.29 Å². The molecule has 0 aliphatic heterocycles. The van der Waals surface area contributed by atoms with Crippen LogP contribution in [0.3, 0.4) is 0 Å². The number of likely N-dealkylation sites (N-methyl/N-ethyl adjacent to an activating group) is 1. The lowest BCUT2D eigenvalue weighted by molar-refractivity contribution is -0.110. The fraction of sp³-hybridized carbons (Fsp3) is 0.917. The molecule has 0 aliphatic rings. The molecule has 84 valence electrons. The van der Waals surface area contributed by atoms with Gasteiger partial charge in [-0.25, -0.2) is 0 Å². The van der Waals surface area contributed by atoms with Crippen LogP contribution in [0.15, 0.2) is 0 Å². The Labute approximate surface area is 88.5 Å². The van der Waals surface area contributed by atoms with Crippen LogP contribution in [-0.2, 0) is 4.79 Å². The minimum absolute atomic E-state index is 0.0248. The Morgan fingerprint density at radius 3 is 2.36 bits per heavy atom. The Hall–Kier alpha value is -0.370.